The van der Waals surface area contributed by atoms with Crippen LogP contribution < -0.4 is 4.90 Å². The van der Waals surface area contributed by atoms with Gasteiger partial charge in [-0.1, -0.05) is 18.2 Å². The normalized spacial score (nSPS) is 11.8. The van der Waals surface area contributed by atoms with Crippen LogP contribution in [0.25, 0.3) is 11.2 Å². The van der Waals surface area contributed by atoms with Gasteiger partial charge in [0.25, 0.3) is 0 Å². The van der Waals surface area contributed by atoms with Crippen LogP contribution in [0.5, 0.6) is 0 Å². The summed E-state index contributed by atoms with van der Waals surface area (Å²) in [5.74, 6) is -2.49. The minimum atomic E-state index is -4.81. The Hall–Kier alpha value is -3.56. The zero-order valence-corrected chi connectivity index (χ0v) is 15.5. The van der Waals surface area contributed by atoms with Crippen molar-refractivity contribution in [3.05, 3.63) is 77.9 Å². The number of nitrogens with zero attached hydrogens (tertiary/aromatic N) is 5. The summed E-state index contributed by atoms with van der Waals surface area (Å²) in [6.45, 7) is 0.0612. The number of benzene rings is 2. The zero-order valence-electron chi connectivity index (χ0n) is 15.5. The smallest absolute Gasteiger partial charge is 0.327 e. The molecule has 0 radical (unpaired) electrons. The highest BCUT2D eigenvalue weighted by atomic mass is 19.4. The highest BCUT2D eigenvalue weighted by Gasteiger charge is 2.36. The Kier molecular flexibility index (Phi) is 4.84. The molecule has 2 aromatic carbocycles. The minimum absolute atomic E-state index is 0.0612. The molecule has 2 aromatic heterocycles. The average molecular weight is 419 g/mol. The SMILES string of the molecule is CN(c1cccc(F)c1)c1nc(C(F)(F)F)nc2c1ncn2Cc1cccc(F)c1. The van der Waals surface area contributed by atoms with Gasteiger partial charge in [0.15, 0.2) is 17.0 Å². The summed E-state index contributed by atoms with van der Waals surface area (Å²) in [5, 5.41) is 0. The molecule has 0 spiro atoms. The summed E-state index contributed by atoms with van der Waals surface area (Å²) >= 11 is 0. The first-order valence-corrected chi connectivity index (χ1v) is 8.76. The number of hydrogen-bond acceptors (Lipinski definition) is 4. The molecule has 0 amide bonds. The van der Waals surface area contributed by atoms with E-state index in [0.29, 0.717) is 11.3 Å². The molecule has 0 atom stereocenters. The van der Waals surface area contributed by atoms with Gasteiger partial charge in [-0.3, -0.25) is 0 Å². The fourth-order valence-electron chi connectivity index (χ4n) is 3.04. The van der Waals surface area contributed by atoms with Crippen LogP contribution in [0.3, 0.4) is 0 Å². The van der Waals surface area contributed by atoms with Crippen LogP contribution in [-0.2, 0) is 12.7 Å². The number of hydrogen-bond donors (Lipinski definition) is 0. The molecular weight excluding hydrogens is 405 g/mol. The fraction of sp³-hybridized carbons (Fsp3) is 0.150. The molecule has 0 saturated heterocycles. The van der Waals surface area contributed by atoms with Crippen molar-refractivity contribution in [3.63, 3.8) is 0 Å². The number of fused-ring (bicyclic) bond motifs is 1. The Balaban J connectivity index is 1.86. The minimum Gasteiger partial charge on any atom is -0.327 e. The van der Waals surface area contributed by atoms with E-state index in [2.05, 4.69) is 15.0 Å². The lowest BCUT2D eigenvalue weighted by atomic mass is 10.2. The molecule has 10 heteroatoms. The second-order valence-electron chi connectivity index (χ2n) is 6.58. The maximum atomic E-state index is 13.6. The lowest BCUT2D eigenvalue weighted by molar-refractivity contribution is -0.144. The van der Waals surface area contributed by atoms with Gasteiger partial charge in [0, 0.05) is 12.7 Å². The van der Waals surface area contributed by atoms with Gasteiger partial charge in [0.2, 0.25) is 5.82 Å². The van der Waals surface area contributed by atoms with Gasteiger partial charge in [0.05, 0.1) is 12.9 Å². The van der Waals surface area contributed by atoms with E-state index in [1.807, 2.05) is 0 Å². The van der Waals surface area contributed by atoms with E-state index < -0.39 is 23.6 Å². The third kappa shape index (κ3) is 3.80. The highest BCUT2D eigenvalue weighted by molar-refractivity contribution is 5.86. The summed E-state index contributed by atoms with van der Waals surface area (Å²) < 4.78 is 68.9. The quantitative estimate of drug-likeness (QED) is 0.440. The van der Waals surface area contributed by atoms with E-state index in [1.165, 1.54) is 65.3 Å². The molecule has 0 N–H and O–H groups in total. The number of aromatic nitrogens is 4. The van der Waals surface area contributed by atoms with Crippen LogP contribution in [-0.4, -0.2) is 26.6 Å². The van der Waals surface area contributed by atoms with E-state index in [9.17, 15) is 22.0 Å². The Morgan fingerprint density at radius 2 is 1.67 bits per heavy atom. The topological polar surface area (TPSA) is 46.8 Å². The predicted molar refractivity (Wildman–Crippen MR) is 100 cm³/mol. The standard InChI is InChI=1S/C20H14F5N5/c1-29(15-7-3-6-14(22)9-15)17-16-18(28-19(27-17)20(23,24)25)30(11-26-16)10-12-4-2-5-13(21)8-12/h2-9,11H,10H2,1H3. The summed E-state index contributed by atoms with van der Waals surface area (Å²) in [6.07, 6.45) is -3.49. The number of anilines is 2. The maximum Gasteiger partial charge on any atom is 0.451 e. The van der Waals surface area contributed by atoms with E-state index in [0.717, 1.165) is 0 Å². The monoisotopic (exact) mass is 419 g/mol. The van der Waals surface area contributed by atoms with Gasteiger partial charge in [-0.2, -0.15) is 13.2 Å². The van der Waals surface area contributed by atoms with E-state index in [1.54, 1.807) is 6.07 Å². The Morgan fingerprint density at radius 3 is 2.33 bits per heavy atom. The molecule has 30 heavy (non-hydrogen) atoms. The molecule has 0 aliphatic rings. The summed E-state index contributed by atoms with van der Waals surface area (Å²) in [6, 6.07) is 11.1. The van der Waals surface area contributed by atoms with Gasteiger partial charge in [-0.25, -0.2) is 23.7 Å². The van der Waals surface area contributed by atoms with E-state index in [4.69, 9.17) is 0 Å². The molecule has 0 fully saturated rings. The molecule has 2 heterocycles. The Bertz CT molecular complexity index is 1220. The molecule has 4 aromatic rings. The zero-order chi connectivity index (χ0) is 21.5. The van der Waals surface area contributed by atoms with Crippen LogP contribution in [0.4, 0.5) is 33.5 Å². The summed E-state index contributed by atoms with van der Waals surface area (Å²) in [7, 11) is 1.46. The Morgan fingerprint density at radius 1 is 0.967 bits per heavy atom. The van der Waals surface area contributed by atoms with Crippen LogP contribution in [0, 0.1) is 11.6 Å². The fourth-order valence-corrected chi connectivity index (χ4v) is 3.04. The third-order valence-electron chi connectivity index (χ3n) is 4.45. The second kappa shape index (κ2) is 7.36. The van der Waals surface area contributed by atoms with Crippen molar-refractivity contribution in [1.82, 2.24) is 19.5 Å². The lowest BCUT2D eigenvalue weighted by Crippen LogP contribution is -2.18. The number of imidazole rings is 1. The highest BCUT2D eigenvalue weighted by Crippen LogP contribution is 2.33. The van der Waals surface area contributed by atoms with Gasteiger partial charge in [-0.05, 0) is 35.9 Å². The molecule has 0 unspecified atom stereocenters. The molecule has 0 saturated carbocycles. The van der Waals surface area contributed by atoms with Gasteiger partial charge in [-0.15, -0.1) is 0 Å². The van der Waals surface area contributed by atoms with Crippen LogP contribution in [0.2, 0.25) is 0 Å². The summed E-state index contributed by atoms with van der Waals surface area (Å²) in [5.41, 5.74) is 0.857. The molecule has 4 rings (SSSR count). The van der Waals surface area contributed by atoms with Crippen LogP contribution in [0.15, 0.2) is 54.9 Å². The average Bonchev–Trinajstić information content (AvgIpc) is 3.09. The van der Waals surface area contributed by atoms with Gasteiger partial charge < -0.3 is 9.47 Å². The van der Waals surface area contributed by atoms with Crippen LogP contribution in [0.1, 0.15) is 11.4 Å². The third-order valence-corrected chi connectivity index (χ3v) is 4.45. The second-order valence-corrected chi connectivity index (χ2v) is 6.58. The van der Waals surface area contributed by atoms with Crippen molar-refractivity contribution >= 4 is 22.7 Å². The molecule has 5 nitrogen and oxygen atoms in total. The van der Waals surface area contributed by atoms with E-state index >= 15 is 0 Å². The van der Waals surface area contributed by atoms with Crippen molar-refractivity contribution in [1.29, 1.82) is 0 Å². The van der Waals surface area contributed by atoms with Crippen molar-refractivity contribution in [2.24, 2.45) is 0 Å². The largest absolute Gasteiger partial charge is 0.451 e. The predicted octanol–water partition coefficient (Wildman–Crippen LogP) is 4.94. The Labute approximate surface area is 167 Å². The van der Waals surface area contributed by atoms with Crippen molar-refractivity contribution in [3.8, 4) is 0 Å². The molecular formula is C20H14F5N5. The van der Waals surface area contributed by atoms with Crippen molar-refractivity contribution in [2.75, 3.05) is 11.9 Å². The summed E-state index contributed by atoms with van der Waals surface area (Å²) in [4.78, 5) is 12.8. The first kappa shape index (κ1) is 19.7. The number of rotatable bonds is 4. The maximum absolute atomic E-state index is 13.6. The van der Waals surface area contributed by atoms with Gasteiger partial charge >= 0.3 is 6.18 Å². The molecule has 0 aliphatic carbocycles. The first-order chi connectivity index (χ1) is 14.2. The van der Waals surface area contributed by atoms with Crippen LogP contribution >= 0.6 is 0 Å². The van der Waals surface area contributed by atoms with Crippen molar-refractivity contribution < 1.29 is 22.0 Å². The molecule has 154 valence electrons. The van der Waals surface area contributed by atoms with Crippen molar-refractivity contribution in [2.45, 2.75) is 12.7 Å². The van der Waals surface area contributed by atoms with E-state index in [-0.39, 0.29) is 23.5 Å². The number of halogens is 5. The first-order valence-electron chi connectivity index (χ1n) is 8.76. The van der Waals surface area contributed by atoms with Gasteiger partial charge in [0.1, 0.15) is 11.6 Å². The lowest BCUT2D eigenvalue weighted by Gasteiger charge is -2.20. The number of alkyl halides is 3. The molecule has 0 aliphatic heterocycles. The molecule has 0 bridgehead atoms.